The zero-order chi connectivity index (χ0) is 20.1. The number of hydrogen-bond donors (Lipinski definition) is 1. The number of nitro benzene ring substituents is 1. The van der Waals surface area contributed by atoms with E-state index in [1.54, 1.807) is 0 Å². The lowest BCUT2D eigenvalue weighted by Crippen LogP contribution is -2.28. The molecule has 1 aliphatic rings. The van der Waals surface area contributed by atoms with Crippen molar-refractivity contribution < 1.29 is 28.7 Å². The molecule has 2 aromatic rings. The second kappa shape index (κ2) is 8.38. The van der Waals surface area contributed by atoms with Gasteiger partial charge >= 0.3 is 5.97 Å². The van der Waals surface area contributed by atoms with Gasteiger partial charge in [0.15, 0.2) is 18.1 Å². The third kappa shape index (κ3) is 4.56. The number of nitrogens with zero attached hydrogens (tertiary/aromatic N) is 1. The third-order valence-electron chi connectivity index (χ3n) is 4.02. The van der Waals surface area contributed by atoms with Crippen LogP contribution in [-0.4, -0.2) is 36.6 Å². The predicted molar refractivity (Wildman–Crippen MR) is 97.4 cm³/mol. The molecule has 1 amide bonds. The molecule has 0 unspecified atom stereocenters. The van der Waals surface area contributed by atoms with Crippen LogP contribution in [0, 0.1) is 17.0 Å². The van der Waals surface area contributed by atoms with Gasteiger partial charge in [0.2, 0.25) is 0 Å². The van der Waals surface area contributed by atoms with E-state index in [1.165, 1.54) is 6.07 Å². The number of amides is 1. The first-order valence-corrected chi connectivity index (χ1v) is 8.51. The second-order valence-electron chi connectivity index (χ2n) is 6.11. The third-order valence-corrected chi connectivity index (χ3v) is 4.02. The topological polar surface area (TPSA) is 117 Å². The molecule has 3 rings (SSSR count). The van der Waals surface area contributed by atoms with E-state index in [4.69, 9.17) is 14.2 Å². The van der Waals surface area contributed by atoms with Gasteiger partial charge in [-0.25, -0.2) is 4.79 Å². The molecule has 0 spiro atoms. The number of carbonyl (C=O) groups excluding carboxylic acids is 2. The van der Waals surface area contributed by atoms with Crippen LogP contribution < -0.4 is 14.8 Å². The minimum Gasteiger partial charge on any atom is -0.486 e. The summed E-state index contributed by atoms with van der Waals surface area (Å²) >= 11 is 0. The zero-order valence-electron chi connectivity index (χ0n) is 15.1. The van der Waals surface area contributed by atoms with Crippen LogP contribution in [0.4, 0.5) is 5.69 Å². The highest BCUT2D eigenvalue weighted by atomic mass is 16.6. The molecule has 0 saturated heterocycles. The number of esters is 1. The lowest BCUT2D eigenvalue weighted by Gasteiger charge is -2.18. The van der Waals surface area contributed by atoms with Crippen LogP contribution in [0.1, 0.15) is 21.5 Å². The fourth-order valence-corrected chi connectivity index (χ4v) is 2.56. The van der Waals surface area contributed by atoms with Gasteiger partial charge in [0.25, 0.3) is 11.6 Å². The van der Waals surface area contributed by atoms with Crippen LogP contribution in [0.3, 0.4) is 0 Å². The molecule has 1 N–H and O–H groups in total. The standard InChI is InChI=1S/C19H18N2O7/c1-12-2-4-13(5-3-12)10-20-18(22)11-28-19(23)14-8-16-17(27-7-6-26-16)9-15(14)21(24)25/h2-5,8-9H,6-7,10-11H2,1H3,(H,20,22). The number of fused-ring (bicyclic) bond motifs is 1. The summed E-state index contributed by atoms with van der Waals surface area (Å²) < 4.78 is 15.5. The molecule has 9 nitrogen and oxygen atoms in total. The molecule has 0 saturated carbocycles. The first kappa shape index (κ1) is 19.2. The first-order chi connectivity index (χ1) is 13.4. The lowest BCUT2D eigenvalue weighted by atomic mass is 10.1. The average molecular weight is 386 g/mol. The van der Waals surface area contributed by atoms with E-state index in [-0.39, 0.29) is 36.8 Å². The highest BCUT2D eigenvalue weighted by Crippen LogP contribution is 2.36. The van der Waals surface area contributed by atoms with Crippen molar-refractivity contribution in [3.63, 3.8) is 0 Å². The molecule has 28 heavy (non-hydrogen) atoms. The summed E-state index contributed by atoms with van der Waals surface area (Å²) in [5.41, 5.74) is 1.22. The van der Waals surface area contributed by atoms with E-state index in [1.807, 2.05) is 31.2 Å². The van der Waals surface area contributed by atoms with Gasteiger partial charge in [-0.15, -0.1) is 0 Å². The fourth-order valence-electron chi connectivity index (χ4n) is 2.56. The summed E-state index contributed by atoms with van der Waals surface area (Å²) in [6.07, 6.45) is 0. The minimum atomic E-state index is -0.992. The van der Waals surface area contributed by atoms with Crippen LogP contribution in [0.15, 0.2) is 36.4 Å². The Morgan fingerprint density at radius 2 is 1.79 bits per heavy atom. The Balaban J connectivity index is 1.61. The van der Waals surface area contributed by atoms with Crippen LogP contribution in [0.2, 0.25) is 0 Å². The van der Waals surface area contributed by atoms with Crippen molar-refractivity contribution in [3.8, 4) is 11.5 Å². The first-order valence-electron chi connectivity index (χ1n) is 8.51. The minimum absolute atomic E-state index is 0.186. The number of rotatable bonds is 6. The number of nitro groups is 1. The molecule has 0 aromatic heterocycles. The highest BCUT2D eigenvalue weighted by molar-refractivity contribution is 5.96. The summed E-state index contributed by atoms with van der Waals surface area (Å²) in [5.74, 6) is -1.11. The number of ether oxygens (including phenoxy) is 3. The molecule has 1 heterocycles. The van der Waals surface area contributed by atoms with Gasteiger partial charge in [0.05, 0.1) is 11.0 Å². The summed E-state index contributed by atoms with van der Waals surface area (Å²) in [6.45, 7) is 2.20. The Bertz CT molecular complexity index is 909. The van der Waals surface area contributed by atoms with E-state index in [0.717, 1.165) is 17.2 Å². The van der Waals surface area contributed by atoms with E-state index in [0.29, 0.717) is 0 Å². The predicted octanol–water partition coefficient (Wildman–Crippen LogP) is 2.15. The smallest absolute Gasteiger partial charge is 0.345 e. The molecule has 1 aliphatic heterocycles. The van der Waals surface area contributed by atoms with Crippen molar-refractivity contribution in [1.29, 1.82) is 0 Å². The van der Waals surface area contributed by atoms with Gasteiger partial charge in [-0.05, 0) is 12.5 Å². The van der Waals surface area contributed by atoms with E-state index >= 15 is 0 Å². The molecule has 0 atom stereocenters. The summed E-state index contributed by atoms with van der Waals surface area (Å²) in [6, 6.07) is 9.90. The quantitative estimate of drug-likeness (QED) is 0.459. The second-order valence-corrected chi connectivity index (χ2v) is 6.11. The molecular formula is C19H18N2O7. The SMILES string of the molecule is Cc1ccc(CNC(=O)COC(=O)c2cc3c(cc2[N+](=O)[O-])OCCO3)cc1. The highest BCUT2D eigenvalue weighted by Gasteiger charge is 2.27. The average Bonchev–Trinajstić information content (AvgIpc) is 2.70. The van der Waals surface area contributed by atoms with E-state index in [9.17, 15) is 19.7 Å². The molecule has 0 fully saturated rings. The van der Waals surface area contributed by atoms with Crippen molar-refractivity contribution in [2.24, 2.45) is 0 Å². The van der Waals surface area contributed by atoms with Crippen LogP contribution in [0.5, 0.6) is 11.5 Å². The lowest BCUT2D eigenvalue weighted by molar-refractivity contribution is -0.385. The van der Waals surface area contributed by atoms with Crippen molar-refractivity contribution in [2.45, 2.75) is 13.5 Å². The van der Waals surface area contributed by atoms with Crippen molar-refractivity contribution in [1.82, 2.24) is 5.32 Å². The number of aryl methyl sites for hydroxylation is 1. The number of hydrogen-bond acceptors (Lipinski definition) is 7. The Morgan fingerprint density at radius 1 is 1.14 bits per heavy atom. The molecule has 146 valence electrons. The Morgan fingerprint density at radius 3 is 2.43 bits per heavy atom. The number of carbonyl (C=O) groups is 2. The Kier molecular flexibility index (Phi) is 5.73. The van der Waals surface area contributed by atoms with Gasteiger partial charge in [-0.3, -0.25) is 14.9 Å². The normalized spacial score (nSPS) is 12.2. The maximum atomic E-state index is 12.3. The van der Waals surface area contributed by atoms with Crippen molar-refractivity contribution in [2.75, 3.05) is 19.8 Å². The Labute approximate surface area is 160 Å². The molecule has 2 aromatic carbocycles. The van der Waals surface area contributed by atoms with Gasteiger partial charge in [-0.2, -0.15) is 0 Å². The largest absolute Gasteiger partial charge is 0.486 e. The molecular weight excluding hydrogens is 368 g/mol. The molecule has 0 aliphatic carbocycles. The van der Waals surface area contributed by atoms with Crippen molar-refractivity contribution >= 4 is 17.6 Å². The zero-order valence-corrected chi connectivity index (χ0v) is 15.1. The van der Waals surface area contributed by atoms with Crippen molar-refractivity contribution in [3.05, 3.63) is 63.2 Å². The van der Waals surface area contributed by atoms with E-state index in [2.05, 4.69) is 5.32 Å². The van der Waals surface area contributed by atoms with Crippen LogP contribution in [0.25, 0.3) is 0 Å². The van der Waals surface area contributed by atoms with Gasteiger partial charge in [0.1, 0.15) is 18.8 Å². The number of benzene rings is 2. The van der Waals surface area contributed by atoms with Crippen LogP contribution >= 0.6 is 0 Å². The van der Waals surface area contributed by atoms with Gasteiger partial charge in [-0.1, -0.05) is 29.8 Å². The van der Waals surface area contributed by atoms with Gasteiger partial charge < -0.3 is 19.5 Å². The number of nitrogens with one attached hydrogen (secondary N) is 1. The summed E-state index contributed by atoms with van der Waals surface area (Å²) in [5, 5.41) is 13.9. The summed E-state index contributed by atoms with van der Waals surface area (Å²) in [4.78, 5) is 34.7. The molecule has 9 heteroatoms. The molecule has 0 radical (unpaired) electrons. The summed E-state index contributed by atoms with van der Waals surface area (Å²) in [7, 11) is 0. The van der Waals surface area contributed by atoms with E-state index < -0.39 is 29.1 Å². The maximum absolute atomic E-state index is 12.3. The Hall–Kier alpha value is -3.62. The molecule has 0 bridgehead atoms. The monoisotopic (exact) mass is 386 g/mol. The van der Waals surface area contributed by atoms with Gasteiger partial charge in [0, 0.05) is 12.6 Å². The van der Waals surface area contributed by atoms with Crippen LogP contribution in [-0.2, 0) is 16.1 Å². The maximum Gasteiger partial charge on any atom is 0.345 e. The fraction of sp³-hybridized carbons (Fsp3) is 0.263.